The predicted molar refractivity (Wildman–Crippen MR) is 74.4 cm³/mol. The number of aryl methyl sites for hydroxylation is 2. The van der Waals surface area contributed by atoms with Crippen LogP contribution in [0.15, 0.2) is 17.6 Å². The highest BCUT2D eigenvalue weighted by molar-refractivity contribution is 7.10. The Morgan fingerprint density at radius 1 is 1.53 bits per heavy atom. The lowest BCUT2D eigenvalue weighted by atomic mass is 10.2. The summed E-state index contributed by atoms with van der Waals surface area (Å²) in [4.78, 5) is 11.8. The summed E-state index contributed by atoms with van der Waals surface area (Å²) in [5, 5.41) is 18.2. The van der Waals surface area contributed by atoms with Gasteiger partial charge in [0.2, 0.25) is 0 Å². The van der Waals surface area contributed by atoms with Gasteiger partial charge in [0.25, 0.3) is 0 Å². The Bertz CT molecular complexity index is 574. The lowest BCUT2D eigenvalue weighted by molar-refractivity contribution is 0.0697. The van der Waals surface area contributed by atoms with Crippen molar-refractivity contribution in [3.63, 3.8) is 0 Å². The summed E-state index contributed by atoms with van der Waals surface area (Å²) in [6, 6.07) is 1.71. The molecule has 2 aromatic rings. The third-order valence-corrected chi connectivity index (χ3v) is 3.78. The summed E-state index contributed by atoms with van der Waals surface area (Å²) in [5.74, 6) is -0.872. The first-order chi connectivity index (χ1) is 9.10. The zero-order valence-electron chi connectivity index (χ0n) is 11.0. The van der Waals surface area contributed by atoms with Crippen LogP contribution in [0.2, 0.25) is 0 Å². The number of hydrogen-bond acceptors (Lipinski definition) is 4. The lowest BCUT2D eigenvalue weighted by Crippen LogP contribution is -2.12. The molecule has 2 N–H and O–H groups in total. The van der Waals surface area contributed by atoms with E-state index in [2.05, 4.69) is 17.3 Å². The first-order valence-electron chi connectivity index (χ1n) is 6.13. The second-order valence-electron chi connectivity index (χ2n) is 4.34. The van der Waals surface area contributed by atoms with Crippen molar-refractivity contribution < 1.29 is 9.90 Å². The molecule has 2 rings (SSSR count). The number of carboxylic acid groups (broad SMARTS) is 1. The van der Waals surface area contributed by atoms with Crippen LogP contribution in [0.1, 0.15) is 33.4 Å². The van der Waals surface area contributed by atoms with Crippen molar-refractivity contribution in [1.29, 1.82) is 0 Å². The number of hydrogen-bond donors (Lipinski definition) is 2. The Hall–Kier alpha value is -1.66. The number of thiophene rings is 1. The van der Waals surface area contributed by atoms with E-state index < -0.39 is 5.97 Å². The van der Waals surface area contributed by atoms with Crippen molar-refractivity contribution in [2.75, 3.05) is 0 Å². The molecule has 0 bridgehead atoms. The fourth-order valence-corrected chi connectivity index (χ4v) is 2.76. The molecule has 0 saturated heterocycles. The van der Waals surface area contributed by atoms with Crippen molar-refractivity contribution in [3.05, 3.63) is 39.3 Å². The molecule has 0 radical (unpaired) electrons. The van der Waals surface area contributed by atoms with Gasteiger partial charge in [0.1, 0.15) is 0 Å². The number of carboxylic acids is 1. The molecule has 0 unspecified atom stereocenters. The smallest absolute Gasteiger partial charge is 0.336 e. The molecular weight excluding hydrogens is 262 g/mol. The maximum absolute atomic E-state index is 10.8. The average Bonchev–Trinajstić information content (AvgIpc) is 2.96. The van der Waals surface area contributed by atoms with Crippen LogP contribution >= 0.6 is 11.3 Å². The number of carbonyl (C=O) groups is 1. The second kappa shape index (κ2) is 5.99. The van der Waals surface area contributed by atoms with Crippen LogP contribution in [0.3, 0.4) is 0 Å². The molecule has 0 aliphatic heterocycles. The number of nitrogens with one attached hydrogen (secondary N) is 1. The van der Waals surface area contributed by atoms with Gasteiger partial charge in [-0.25, -0.2) is 4.79 Å². The molecule has 6 heteroatoms. The van der Waals surface area contributed by atoms with E-state index in [4.69, 9.17) is 5.11 Å². The van der Waals surface area contributed by atoms with Crippen molar-refractivity contribution in [2.24, 2.45) is 7.05 Å². The van der Waals surface area contributed by atoms with Gasteiger partial charge < -0.3 is 10.4 Å². The van der Waals surface area contributed by atoms with E-state index in [0.29, 0.717) is 12.1 Å². The molecule has 0 amide bonds. The molecule has 0 aliphatic rings. The summed E-state index contributed by atoms with van der Waals surface area (Å²) < 4.78 is 1.82. The molecule has 102 valence electrons. The third-order valence-electron chi connectivity index (χ3n) is 2.84. The highest BCUT2D eigenvalue weighted by Gasteiger charge is 2.08. The monoisotopic (exact) mass is 279 g/mol. The summed E-state index contributed by atoms with van der Waals surface area (Å²) in [7, 11) is 1.92. The summed E-state index contributed by atoms with van der Waals surface area (Å²) in [6.07, 6.45) is 2.93. The van der Waals surface area contributed by atoms with E-state index in [9.17, 15) is 4.79 Å². The van der Waals surface area contributed by atoms with E-state index in [1.54, 1.807) is 11.4 Å². The van der Waals surface area contributed by atoms with Crippen molar-refractivity contribution >= 4 is 17.3 Å². The van der Waals surface area contributed by atoms with Gasteiger partial charge in [-0.15, -0.1) is 11.3 Å². The molecule has 2 aromatic heterocycles. The summed E-state index contributed by atoms with van der Waals surface area (Å²) in [5.41, 5.74) is 2.66. The Kier molecular flexibility index (Phi) is 4.34. The molecule has 0 aromatic carbocycles. The first kappa shape index (κ1) is 13.8. The van der Waals surface area contributed by atoms with Gasteiger partial charge in [0.05, 0.1) is 11.3 Å². The SMILES string of the molecule is CCc1nn(C)cc1CNCc1cc(C(=O)O)cs1. The van der Waals surface area contributed by atoms with E-state index >= 15 is 0 Å². The zero-order chi connectivity index (χ0) is 13.8. The Labute approximate surface area is 115 Å². The van der Waals surface area contributed by atoms with Crippen LogP contribution in [0.25, 0.3) is 0 Å². The lowest BCUT2D eigenvalue weighted by Gasteiger charge is -2.02. The Morgan fingerprint density at radius 2 is 2.32 bits per heavy atom. The van der Waals surface area contributed by atoms with Crippen LogP contribution in [-0.4, -0.2) is 20.9 Å². The van der Waals surface area contributed by atoms with Crippen LogP contribution in [-0.2, 0) is 26.6 Å². The molecule has 0 saturated carbocycles. The van der Waals surface area contributed by atoms with Gasteiger partial charge in [-0.05, 0) is 12.5 Å². The number of nitrogens with zero attached hydrogens (tertiary/aromatic N) is 2. The molecular formula is C13H17N3O2S. The Morgan fingerprint density at radius 3 is 2.95 bits per heavy atom. The van der Waals surface area contributed by atoms with Crippen LogP contribution in [0, 0.1) is 0 Å². The van der Waals surface area contributed by atoms with Gasteiger partial charge in [-0.2, -0.15) is 5.10 Å². The number of aromatic carboxylic acids is 1. The minimum absolute atomic E-state index is 0.359. The zero-order valence-corrected chi connectivity index (χ0v) is 11.8. The molecule has 5 nitrogen and oxygen atoms in total. The average molecular weight is 279 g/mol. The van der Waals surface area contributed by atoms with Gasteiger partial charge in [-0.3, -0.25) is 4.68 Å². The number of rotatable bonds is 6. The highest BCUT2D eigenvalue weighted by Crippen LogP contribution is 2.15. The minimum atomic E-state index is -0.872. The maximum atomic E-state index is 10.8. The number of aromatic nitrogens is 2. The fourth-order valence-electron chi connectivity index (χ4n) is 1.93. The fraction of sp³-hybridized carbons (Fsp3) is 0.385. The normalized spacial score (nSPS) is 10.8. The summed E-state index contributed by atoms with van der Waals surface area (Å²) >= 11 is 1.46. The molecule has 0 fully saturated rings. The maximum Gasteiger partial charge on any atom is 0.336 e. The van der Waals surface area contributed by atoms with E-state index in [1.807, 2.05) is 17.9 Å². The van der Waals surface area contributed by atoms with E-state index in [0.717, 1.165) is 23.5 Å². The second-order valence-corrected chi connectivity index (χ2v) is 5.33. The minimum Gasteiger partial charge on any atom is -0.478 e. The van der Waals surface area contributed by atoms with Crippen LogP contribution in [0.5, 0.6) is 0 Å². The molecule has 0 atom stereocenters. The van der Waals surface area contributed by atoms with Gasteiger partial charge in [-0.1, -0.05) is 6.92 Å². The quantitative estimate of drug-likeness (QED) is 0.849. The summed E-state index contributed by atoms with van der Waals surface area (Å²) in [6.45, 7) is 3.51. The topological polar surface area (TPSA) is 67.2 Å². The van der Waals surface area contributed by atoms with E-state index in [-0.39, 0.29) is 0 Å². The standard InChI is InChI=1S/C13H17N3O2S/c1-3-12-10(7-16(2)15-12)5-14-6-11-4-9(8-19-11)13(17)18/h4,7-8,14H,3,5-6H2,1-2H3,(H,17,18). The van der Waals surface area contributed by atoms with Crippen LogP contribution < -0.4 is 5.32 Å². The Balaban J connectivity index is 1.90. The molecule has 0 aliphatic carbocycles. The van der Waals surface area contributed by atoms with Crippen LogP contribution in [0.4, 0.5) is 0 Å². The van der Waals surface area contributed by atoms with Gasteiger partial charge in [0, 0.05) is 42.2 Å². The highest BCUT2D eigenvalue weighted by atomic mass is 32.1. The molecule has 0 spiro atoms. The largest absolute Gasteiger partial charge is 0.478 e. The molecule has 2 heterocycles. The third kappa shape index (κ3) is 3.42. The molecule has 19 heavy (non-hydrogen) atoms. The van der Waals surface area contributed by atoms with Crippen molar-refractivity contribution in [1.82, 2.24) is 15.1 Å². The first-order valence-corrected chi connectivity index (χ1v) is 7.01. The predicted octanol–water partition coefficient (Wildman–Crippen LogP) is 2.03. The van der Waals surface area contributed by atoms with Gasteiger partial charge in [0.15, 0.2) is 0 Å². The van der Waals surface area contributed by atoms with Gasteiger partial charge >= 0.3 is 5.97 Å². The van der Waals surface area contributed by atoms with E-state index in [1.165, 1.54) is 16.9 Å². The van der Waals surface area contributed by atoms with Crippen molar-refractivity contribution in [3.8, 4) is 0 Å². The van der Waals surface area contributed by atoms with Crippen molar-refractivity contribution in [2.45, 2.75) is 26.4 Å².